The Morgan fingerprint density at radius 2 is 1.89 bits per heavy atom. The topological polar surface area (TPSA) is 134 Å². The quantitative estimate of drug-likeness (QED) is 0.319. The van der Waals surface area contributed by atoms with Crippen LogP contribution < -0.4 is 20.3 Å². The van der Waals surface area contributed by atoms with Gasteiger partial charge in [0.2, 0.25) is 5.95 Å². The summed E-state index contributed by atoms with van der Waals surface area (Å²) in [7, 11) is 0. The molecule has 0 spiro atoms. The number of rotatable bonds is 8. The number of nitrogens with zero attached hydrogens (tertiary/aromatic N) is 5. The molecule has 2 aliphatic rings. The molecule has 194 valence electrons. The number of amides is 1. The number of aromatic nitrogens is 4. The zero-order chi connectivity index (χ0) is 26.1. The van der Waals surface area contributed by atoms with Gasteiger partial charge in [0.15, 0.2) is 6.61 Å². The van der Waals surface area contributed by atoms with Crippen LogP contribution in [-0.4, -0.2) is 62.6 Å². The lowest BCUT2D eigenvalue weighted by molar-refractivity contribution is -0.123. The maximum absolute atomic E-state index is 12.0. The van der Waals surface area contributed by atoms with E-state index in [0.29, 0.717) is 34.5 Å². The number of benzene rings is 2. The molecule has 38 heavy (non-hydrogen) atoms. The molecule has 2 aromatic heterocycles. The fourth-order valence-corrected chi connectivity index (χ4v) is 4.51. The minimum atomic E-state index is -1.13. The van der Waals surface area contributed by atoms with Crippen LogP contribution in [-0.2, 0) is 4.79 Å². The number of ether oxygens (including phenoxy) is 1. The van der Waals surface area contributed by atoms with Gasteiger partial charge in [0.05, 0.1) is 17.4 Å². The molecule has 0 bridgehead atoms. The molecule has 1 aliphatic carbocycles. The molecule has 1 aliphatic heterocycles. The highest BCUT2D eigenvalue weighted by molar-refractivity contribution is 5.89. The number of carboxylic acid groups (broad SMARTS) is 1. The third kappa shape index (κ3) is 5.22. The van der Waals surface area contributed by atoms with Crippen LogP contribution in [0.4, 0.5) is 22.2 Å². The summed E-state index contributed by atoms with van der Waals surface area (Å²) in [6.45, 7) is 1.75. The van der Waals surface area contributed by atoms with Crippen molar-refractivity contribution in [1.82, 2.24) is 25.1 Å². The highest BCUT2D eigenvalue weighted by Gasteiger charge is 2.23. The fourth-order valence-electron chi connectivity index (χ4n) is 4.51. The molecule has 0 unspecified atom stereocenters. The van der Waals surface area contributed by atoms with E-state index < -0.39 is 6.09 Å². The van der Waals surface area contributed by atoms with Crippen molar-refractivity contribution >= 4 is 40.4 Å². The van der Waals surface area contributed by atoms with Crippen LogP contribution in [0.15, 0.2) is 54.7 Å². The van der Waals surface area contributed by atoms with Crippen molar-refractivity contribution in [2.24, 2.45) is 0 Å². The van der Waals surface area contributed by atoms with E-state index in [9.17, 15) is 14.7 Å². The van der Waals surface area contributed by atoms with E-state index in [-0.39, 0.29) is 12.5 Å². The number of fused-ring (bicyclic) bond motifs is 1. The van der Waals surface area contributed by atoms with Crippen LogP contribution in [0, 0.1) is 0 Å². The van der Waals surface area contributed by atoms with Crippen molar-refractivity contribution in [2.45, 2.75) is 31.7 Å². The van der Waals surface area contributed by atoms with Gasteiger partial charge in [-0.25, -0.2) is 9.78 Å². The monoisotopic (exact) mass is 513 g/mol. The van der Waals surface area contributed by atoms with Crippen molar-refractivity contribution in [3.05, 3.63) is 54.7 Å². The van der Waals surface area contributed by atoms with Crippen LogP contribution >= 0.6 is 0 Å². The molecule has 3 N–H and O–H groups in total. The summed E-state index contributed by atoms with van der Waals surface area (Å²) < 4.78 is 6.69. The molecule has 2 fully saturated rings. The van der Waals surface area contributed by atoms with E-state index in [1.807, 2.05) is 36.4 Å². The smallest absolute Gasteiger partial charge is 0.432 e. The standard InChI is InChI=1S/C27H27N7O4/c35-25(30-19-6-7-19)16-38-21-5-3-4-17(13-21)22-14-24(32-26(31-22)33-10-1-2-11-33)29-20-8-9-23-18(12-20)15-28-34(23)27(36)37/h3-5,8-9,12-15,19H,1-2,6-7,10-11,16H2,(H,30,35)(H,36,37)(H,29,31,32). The van der Waals surface area contributed by atoms with E-state index in [2.05, 4.69) is 20.6 Å². The lowest BCUT2D eigenvalue weighted by Gasteiger charge is -2.18. The summed E-state index contributed by atoms with van der Waals surface area (Å²) in [4.78, 5) is 35.2. The minimum Gasteiger partial charge on any atom is -0.484 e. The maximum Gasteiger partial charge on any atom is 0.432 e. The van der Waals surface area contributed by atoms with Crippen molar-refractivity contribution in [1.29, 1.82) is 0 Å². The van der Waals surface area contributed by atoms with Crippen molar-refractivity contribution in [2.75, 3.05) is 29.9 Å². The number of carbonyl (C=O) groups excluding carboxylic acids is 1. The zero-order valence-corrected chi connectivity index (χ0v) is 20.6. The first kappa shape index (κ1) is 23.7. The van der Waals surface area contributed by atoms with Crippen molar-refractivity contribution < 1.29 is 19.4 Å². The first-order valence-electron chi connectivity index (χ1n) is 12.7. The Morgan fingerprint density at radius 3 is 2.68 bits per heavy atom. The maximum atomic E-state index is 12.0. The fraction of sp³-hybridized carbons (Fsp3) is 0.296. The lowest BCUT2D eigenvalue weighted by Crippen LogP contribution is -2.30. The van der Waals surface area contributed by atoms with Crippen LogP contribution in [0.3, 0.4) is 0 Å². The van der Waals surface area contributed by atoms with Crippen LogP contribution in [0.25, 0.3) is 22.2 Å². The predicted molar refractivity (Wildman–Crippen MR) is 142 cm³/mol. The number of carbonyl (C=O) groups is 2. The van der Waals surface area contributed by atoms with E-state index in [1.165, 1.54) is 6.20 Å². The average molecular weight is 514 g/mol. The summed E-state index contributed by atoms with van der Waals surface area (Å²) in [6, 6.07) is 15.0. The second kappa shape index (κ2) is 10.0. The molecule has 1 amide bonds. The Bertz CT molecular complexity index is 1510. The van der Waals surface area contributed by atoms with Gasteiger partial charge in [-0.15, -0.1) is 0 Å². The molecule has 4 aromatic rings. The first-order chi connectivity index (χ1) is 18.5. The zero-order valence-electron chi connectivity index (χ0n) is 20.6. The summed E-state index contributed by atoms with van der Waals surface area (Å²) in [6.07, 6.45) is 4.63. The largest absolute Gasteiger partial charge is 0.484 e. The summed E-state index contributed by atoms with van der Waals surface area (Å²) >= 11 is 0. The van der Waals surface area contributed by atoms with Crippen LogP contribution in [0.1, 0.15) is 25.7 Å². The van der Waals surface area contributed by atoms with Gasteiger partial charge in [-0.2, -0.15) is 14.8 Å². The van der Waals surface area contributed by atoms with Gasteiger partial charge in [0.1, 0.15) is 11.6 Å². The van der Waals surface area contributed by atoms with Gasteiger partial charge in [-0.3, -0.25) is 4.79 Å². The van der Waals surface area contributed by atoms with Gasteiger partial charge in [0, 0.05) is 41.8 Å². The Balaban J connectivity index is 1.27. The van der Waals surface area contributed by atoms with Crippen molar-refractivity contribution in [3.63, 3.8) is 0 Å². The molecule has 11 heteroatoms. The second-order valence-electron chi connectivity index (χ2n) is 9.53. The molecule has 0 radical (unpaired) electrons. The first-order valence-corrected chi connectivity index (χ1v) is 12.7. The Labute approximate surface area is 218 Å². The van der Waals surface area contributed by atoms with Crippen molar-refractivity contribution in [3.8, 4) is 17.0 Å². The van der Waals surface area contributed by atoms with Gasteiger partial charge >= 0.3 is 6.09 Å². The highest BCUT2D eigenvalue weighted by atomic mass is 16.5. The Kier molecular flexibility index (Phi) is 6.24. The van der Waals surface area contributed by atoms with Gasteiger partial charge in [0.25, 0.3) is 5.91 Å². The van der Waals surface area contributed by atoms with E-state index in [1.54, 1.807) is 12.1 Å². The third-order valence-electron chi connectivity index (χ3n) is 6.57. The molecule has 3 heterocycles. The molecule has 2 aromatic carbocycles. The van der Waals surface area contributed by atoms with Gasteiger partial charge in [-0.1, -0.05) is 12.1 Å². The summed E-state index contributed by atoms with van der Waals surface area (Å²) in [5.74, 6) is 1.72. The minimum absolute atomic E-state index is 0.0313. The predicted octanol–water partition coefficient (Wildman–Crippen LogP) is 4.02. The highest BCUT2D eigenvalue weighted by Crippen LogP contribution is 2.29. The average Bonchev–Trinajstić information content (AvgIpc) is 3.38. The van der Waals surface area contributed by atoms with Crippen LogP contribution in [0.5, 0.6) is 5.75 Å². The molecule has 11 nitrogen and oxygen atoms in total. The van der Waals surface area contributed by atoms with Gasteiger partial charge < -0.3 is 25.4 Å². The summed E-state index contributed by atoms with van der Waals surface area (Å²) in [5.41, 5.74) is 2.82. The molecular formula is C27H27N7O4. The number of anilines is 3. The number of hydrogen-bond acceptors (Lipinski definition) is 8. The third-order valence-corrected chi connectivity index (χ3v) is 6.57. The molecule has 6 rings (SSSR count). The van der Waals surface area contributed by atoms with E-state index >= 15 is 0 Å². The molecule has 1 saturated heterocycles. The SMILES string of the molecule is O=C(COc1cccc(-c2cc(Nc3ccc4c(cnn4C(=O)O)c3)nc(N3CCCC3)n2)c1)NC1CC1. The van der Waals surface area contributed by atoms with E-state index in [0.717, 1.165) is 60.4 Å². The van der Waals surface area contributed by atoms with E-state index in [4.69, 9.17) is 14.7 Å². The molecule has 1 saturated carbocycles. The molecular weight excluding hydrogens is 486 g/mol. The Morgan fingerprint density at radius 1 is 1.05 bits per heavy atom. The molecule has 0 atom stereocenters. The lowest BCUT2D eigenvalue weighted by atomic mass is 10.1. The Hall–Kier alpha value is -4.67. The number of hydrogen-bond donors (Lipinski definition) is 3. The summed E-state index contributed by atoms with van der Waals surface area (Å²) in [5, 5.41) is 20.2. The normalized spacial score (nSPS) is 15.0. The second-order valence-corrected chi connectivity index (χ2v) is 9.53. The van der Waals surface area contributed by atoms with Crippen LogP contribution in [0.2, 0.25) is 0 Å². The number of nitrogens with one attached hydrogen (secondary N) is 2. The van der Waals surface area contributed by atoms with Gasteiger partial charge in [-0.05, 0) is 56.0 Å².